The lowest BCUT2D eigenvalue weighted by atomic mass is 10.1. The van der Waals surface area contributed by atoms with Crippen LogP contribution in [0.15, 0.2) is 24.3 Å². The highest BCUT2D eigenvalue weighted by Crippen LogP contribution is 2.17. The van der Waals surface area contributed by atoms with E-state index in [9.17, 15) is 5.11 Å². The Morgan fingerprint density at radius 2 is 2.12 bits per heavy atom. The zero-order valence-corrected chi connectivity index (χ0v) is 9.72. The molecule has 0 saturated carbocycles. The van der Waals surface area contributed by atoms with E-state index in [4.69, 9.17) is 15.2 Å². The van der Waals surface area contributed by atoms with Gasteiger partial charge in [-0.25, -0.2) is 0 Å². The number of benzene rings is 1. The predicted octanol–water partition coefficient (Wildman–Crippen LogP) is 1.09. The summed E-state index contributed by atoms with van der Waals surface area (Å²) in [6.07, 6.45) is -0.607. The van der Waals surface area contributed by atoms with Crippen LogP contribution < -0.4 is 10.5 Å². The van der Waals surface area contributed by atoms with Gasteiger partial charge in [0.15, 0.2) is 0 Å². The summed E-state index contributed by atoms with van der Waals surface area (Å²) >= 11 is 0. The SMILES string of the molecule is COCC(O)COc1cccc(C(C)N)c1. The summed E-state index contributed by atoms with van der Waals surface area (Å²) in [6, 6.07) is 7.53. The molecule has 1 rings (SSSR count). The highest BCUT2D eigenvalue weighted by Gasteiger charge is 2.05. The second kappa shape index (κ2) is 6.48. The minimum atomic E-state index is -0.607. The van der Waals surface area contributed by atoms with Crippen LogP contribution in [0.2, 0.25) is 0 Å². The molecule has 4 heteroatoms. The van der Waals surface area contributed by atoms with E-state index in [-0.39, 0.29) is 19.3 Å². The van der Waals surface area contributed by atoms with Crippen molar-refractivity contribution in [1.29, 1.82) is 0 Å². The van der Waals surface area contributed by atoms with Gasteiger partial charge in [0, 0.05) is 13.2 Å². The van der Waals surface area contributed by atoms with Crippen molar-refractivity contribution < 1.29 is 14.6 Å². The highest BCUT2D eigenvalue weighted by molar-refractivity contribution is 5.30. The van der Waals surface area contributed by atoms with Crippen LogP contribution in [0.5, 0.6) is 5.75 Å². The van der Waals surface area contributed by atoms with Crippen LogP contribution in [0.25, 0.3) is 0 Å². The van der Waals surface area contributed by atoms with Gasteiger partial charge in [-0.1, -0.05) is 12.1 Å². The van der Waals surface area contributed by atoms with Crippen molar-refractivity contribution in [2.75, 3.05) is 20.3 Å². The number of methoxy groups -OCH3 is 1. The Balaban J connectivity index is 2.50. The molecular formula is C12H19NO3. The molecule has 0 fully saturated rings. The summed E-state index contributed by atoms with van der Waals surface area (Å²) in [5.41, 5.74) is 6.77. The molecule has 2 unspecified atom stereocenters. The maximum Gasteiger partial charge on any atom is 0.119 e. The Morgan fingerprint density at radius 3 is 2.75 bits per heavy atom. The topological polar surface area (TPSA) is 64.7 Å². The molecule has 0 heterocycles. The van der Waals surface area contributed by atoms with E-state index in [1.807, 2.05) is 31.2 Å². The summed E-state index contributed by atoms with van der Waals surface area (Å²) in [4.78, 5) is 0. The van der Waals surface area contributed by atoms with E-state index in [1.54, 1.807) is 7.11 Å². The van der Waals surface area contributed by atoms with Gasteiger partial charge < -0.3 is 20.3 Å². The molecular weight excluding hydrogens is 206 g/mol. The minimum Gasteiger partial charge on any atom is -0.491 e. The molecule has 16 heavy (non-hydrogen) atoms. The lowest BCUT2D eigenvalue weighted by molar-refractivity contribution is 0.0325. The number of aliphatic hydroxyl groups is 1. The molecule has 0 spiro atoms. The Hall–Kier alpha value is -1.10. The van der Waals surface area contributed by atoms with Gasteiger partial charge in [0.05, 0.1) is 6.61 Å². The maximum absolute atomic E-state index is 9.41. The van der Waals surface area contributed by atoms with Gasteiger partial charge in [0.1, 0.15) is 18.5 Å². The average molecular weight is 225 g/mol. The Morgan fingerprint density at radius 1 is 1.38 bits per heavy atom. The van der Waals surface area contributed by atoms with Gasteiger partial charge in [-0.2, -0.15) is 0 Å². The molecule has 0 radical (unpaired) electrons. The first kappa shape index (κ1) is 13.0. The first-order valence-corrected chi connectivity index (χ1v) is 5.29. The monoisotopic (exact) mass is 225 g/mol. The maximum atomic E-state index is 9.41. The van der Waals surface area contributed by atoms with Gasteiger partial charge in [0.25, 0.3) is 0 Å². The number of aliphatic hydroxyl groups excluding tert-OH is 1. The highest BCUT2D eigenvalue weighted by atomic mass is 16.5. The summed E-state index contributed by atoms with van der Waals surface area (Å²) < 4.78 is 10.2. The molecule has 0 aliphatic rings. The lowest BCUT2D eigenvalue weighted by Crippen LogP contribution is -2.22. The summed E-state index contributed by atoms with van der Waals surface area (Å²) in [5, 5.41) is 9.41. The van der Waals surface area contributed by atoms with Crippen molar-refractivity contribution >= 4 is 0 Å². The van der Waals surface area contributed by atoms with Gasteiger partial charge in [0.2, 0.25) is 0 Å². The minimum absolute atomic E-state index is 0.0209. The average Bonchev–Trinajstić information content (AvgIpc) is 2.27. The summed E-state index contributed by atoms with van der Waals surface area (Å²) in [6.45, 7) is 2.40. The number of rotatable bonds is 6. The van der Waals surface area contributed by atoms with Gasteiger partial charge in [-0.15, -0.1) is 0 Å². The van der Waals surface area contributed by atoms with Crippen molar-refractivity contribution in [3.8, 4) is 5.75 Å². The third kappa shape index (κ3) is 4.18. The van der Waals surface area contributed by atoms with Gasteiger partial charge >= 0.3 is 0 Å². The van der Waals surface area contributed by atoms with Crippen molar-refractivity contribution in [2.45, 2.75) is 19.1 Å². The Kier molecular flexibility index (Phi) is 5.25. The van der Waals surface area contributed by atoms with Crippen LogP contribution >= 0.6 is 0 Å². The summed E-state index contributed by atoms with van der Waals surface area (Å²) in [7, 11) is 1.54. The molecule has 3 N–H and O–H groups in total. The quantitative estimate of drug-likeness (QED) is 0.760. The third-order valence-corrected chi connectivity index (χ3v) is 2.19. The summed E-state index contributed by atoms with van der Waals surface area (Å²) in [5.74, 6) is 0.713. The number of hydrogen-bond acceptors (Lipinski definition) is 4. The van der Waals surface area contributed by atoms with Crippen LogP contribution in [-0.2, 0) is 4.74 Å². The van der Waals surface area contributed by atoms with E-state index < -0.39 is 6.10 Å². The number of ether oxygens (including phenoxy) is 2. The van der Waals surface area contributed by atoms with E-state index in [1.165, 1.54) is 0 Å². The lowest BCUT2D eigenvalue weighted by Gasteiger charge is -2.13. The fourth-order valence-electron chi connectivity index (χ4n) is 1.32. The first-order valence-electron chi connectivity index (χ1n) is 5.29. The zero-order valence-electron chi connectivity index (χ0n) is 9.72. The first-order chi connectivity index (χ1) is 7.63. The van der Waals surface area contributed by atoms with E-state index >= 15 is 0 Å². The van der Waals surface area contributed by atoms with E-state index in [0.29, 0.717) is 5.75 Å². The fraction of sp³-hybridized carbons (Fsp3) is 0.500. The van der Waals surface area contributed by atoms with Gasteiger partial charge in [-0.05, 0) is 24.6 Å². The van der Waals surface area contributed by atoms with Crippen molar-refractivity contribution in [1.82, 2.24) is 0 Å². The molecule has 0 aliphatic carbocycles. The van der Waals surface area contributed by atoms with Crippen LogP contribution in [0, 0.1) is 0 Å². The van der Waals surface area contributed by atoms with E-state index in [2.05, 4.69) is 0 Å². The van der Waals surface area contributed by atoms with Crippen LogP contribution in [0.4, 0.5) is 0 Å². The van der Waals surface area contributed by atoms with Crippen LogP contribution in [-0.4, -0.2) is 31.5 Å². The van der Waals surface area contributed by atoms with Crippen molar-refractivity contribution in [3.63, 3.8) is 0 Å². The third-order valence-electron chi connectivity index (χ3n) is 2.19. The standard InChI is InChI=1S/C12H19NO3/c1-9(13)10-4-3-5-12(6-10)16-8-11(14)7-15-2/h3-6,9,11,14H,7-8,13H2,1-2H3. The predicted molar refractivity (Wildman–Crippen MR) is 62.4 cm³/mol. The van der Waals surface area contributed by atoms with Crippen LogP contribution in [0.1, 0.15) is 18.5 Å². The van der Waals surface area contributed by atoms with E-state index in [0.717, 1.165) is 5.56 Å². The number of nitrogens with two attached hydrogens (primary N) is 1. The van der Waals surface area contributed by atoms with Crippen molar-refractivity contribution in [2.24, 2.45) is 5.73 Å². The second-order valence-electron chi connectivity index (χ2n) is 3.78. The molecule has 0 aliphatic heterocycles. The fourth-order valence-corrected chi connectivity index (χ4v) is 1.32. The number of hydrogen-bond donors (Lipinski definition) is 2. The van der Waals surface area contributed by atoms with Gasteiger partial charge in [-0.3, -0.25) is 0 Å². The smallest absolute Gasteiger partial charge is 0.119 e. The second-order valence-corrected chi connectivity index (χ2v) is 3.78. The molecule has 1 aromatic rings. The molecule has 2 atom stereocenters. The largest absolute Gasteiger partial charge is 0.491 e. The Labute approximate surface area is 96.0 Å². The molecule has 0 amide bonds. The molecule has 4 nitrogen and oxygen atoms in total. The molecule has 0 aromatic heterocycles. The van der Waals surface area contributed by atoms with Crippen molar-refractivity contribution in [3.05, 3.63) is 29.8 Å². The molecule has 1 aromatic carbocycles. The van der Waals surface area contributed by atoms with Crippen LogP contribution in [0.3, 0.4) is 0 Å². The molecule has 90 valence electrons. The Bertz CT molecular complexity index is 315. The normalized spacial score (nSPS) is 14.5. The molecule has 0 bridgehead atoms. The molecule has 0 saturated heterocycles. The zero-order chi connectivity index (χ0) is 12.0.